The molecule has 0 N–H and O–H groups in total. The fourth-order valence-corrected chi connectivity index (χ4v) is 4.11. The molecule has 0 fully saturated rings. The van der Waals surface area contributed by atoms with Gasteiger partial charge in [0.05, 0.1) is 12.1 Å². The zero-order chi connectivity index (χ0) is 23.6. The van der Waals surface area contributed by atoms with E-state index in [1.165, 1.54) is 11.1 Å². The molecule has 0 saturated carbocycles. The summed E-state index contributed by atoms with van der Waals surface area (Å²) < 4.78 is 7.64. The molecule has 6 nitrogen and oxygen atoms in total. The molecule has 4 rings (SSSR count). The van der Waals surface area contributed by atoms with Crippen molar-refractivity contribution in [2.24, 2.45) is 7.05 Å². The highest BCUT2D eigenvalue weighted by atomic mass is 16.5. The second-order valence-corrected chi connectivity index (χ2v) is 8.60. The van der Waals surface area contributed by atoms with Gasteiger partial charge in [-0.3, -0.25) is 19.7 Å². The third kappa shape index (κ3) is 6.75. The van der Waals surface area contributed by atoms with E-state index in [2.05, 4.69) is 33.1 Å². The van der Waals surface area contributed by atoms with Gasteiger partial charge in [0, 0.05) is 56.4 Å². The van der Waals surface area contributed by atoms with Gasteiger partial charge in [-0.05, 0) is 85.8 Å². The molecule has 0 aliphatic heterocycles. The summed E-state index contributed by atoms with van der Waals surface area (Å²) in [6.45, 7) is 3.67. The molecule has 0 saturated heterocycles. The van der Waals surface area contributed by atoms with Crippen molar-refractivity contribution in [1.82, 2.24) is 19.4 Å². The van der Waals surface area contributed by atoms with Crippen molar-refractivity contribution in [3.8, 4) is 5.75 Å². The maximum absolute atomic E-state index is 11.8. The summed E-state index contributed by atoms with van der Waals surface area (Å²) in [5.41, 5.74) is 3.48. The van der Waals surface area contributed by atoms with Crippen LogP contribution in [0.5, 0.6) is 5.75 Å². The Morgan fingerprint density at radius 2 is 1.76 bits per heavy atom. The van der Waals surface area contributed by atoms with Crippen LogP contribution in [0.15, 0.2) is 84.2 Å². The lowest BCUT2D eigenvalue weighted by Crippen LogP contribution is -2.27. The van der Waals surface area contributed by atoms with Crippen LogP contribution in [0, 0.1) is 0 Å². The van der Waals surface area contributed by atoms with Crippen molar-refractivity contribution < 1.29 is 4.74 Å². The number of hydrogen-bond donors (Lipinski definition) is 0. The monoisotopic (exact) mass is 456 g/mol. The first-order valence-corrected chi connectivity index (χ1v) is 11.9. The van der Waals surface area contributed by atoms with Gasteiger partial charge < -0.3 is 9.30 Å². The lowest BCUT2D eigenvalue weighted by atomic mass is 10.1. The number of aryl methyl sites for hydroxylation is 1. The Morgan fingerprint density at radius 3 is 2.59 bits per heavy atom. The molecular formula is C28H32N4O2. The van der Waals surface area contributed by atoms with Crippen LogP contribution in [0.25, 0.3) is 10.9 Å². The van der Waals surface area contributed by atoms with Crippen molar-refractivity contribution in [1.29, 1.82) is 0 Å². The van der Waals surface area contributed by atoms with Crippen molar-refractivity contribution >= 4 is 10.9 Å². The summed E-state index contributed by atoms with van der Waals surface area (Å²) in [4.78, 5) is 22.7. The van der Waals surface area contributed by atoms with Crippen LogP contribution < -0.4 is 10.3 Å². The molecular weight excluding hydrogens is 424 g/mol. The fraction of sp³-hybridized carbons (Fsp3) is 0.321. The number of pyridine rings is 3. The van der Waals surface area contributed by atoms with E-state index >= 15 is 0 Å². The van der Waals surface area contributed by atoms with Crippen LogP contribution >= 0.6 is 0 Å². The largest absolute Gasteiger partial charge is 0.494 e. The molecule has 0 unspecified atom stereocenters. The van der Waals surface area contributed by atoms with E-state index < -0.39 is 0 Å². The van der Waals surface area contributed by atoms with E-state index in [-0.39, 0.29) is 5.56 Å². The van der Waals surface area contributed by atoms with Crippen molar-refractivity contribution in [3.63, 3.8) is 0 Å². The topological polar surface area (TPSA) is 60.2 Å². The second kappa shape index (κ2) is 12.1. The predicted molar refractivity (Wildman–Crippen MR) is 136 cm³/mol. The molecule has 3 heterocycles. The minimum Gasteiger partial charge on any atom is -0.494 e. The lowest BCUT2D eigenvalue weighted by Gasteiger charge is -2.22. The first-order chi connectivity index (χ1) is 16.7. The number of aromatic nitrogens is 3. The van der Waals surface area contributed by atoms with Crippen LogP contribution in [0.4, 0.5) is 0 Å². The van der Waals surface area contributed by atoms with Gasteiger partial charge in [-0.25, -0.2) is 0 Å². The van der Waals surface area contributed by atoms with Crippen LogP contribution in [0.2, 0.25) is 0 Å². The smallest absolute Gasteiger partial charge is 0.250 e. The van der Waals surface area contributed by atoms with Gasteiger partial charge >= 0.3 is 0 Å². The second-order valence-electron chi connectivity index (χ2n) is 8.60. The standard InChI is InChI=1S/C28H32N4O2/c1-31-27-9-8-26(20-25(27)7-10-28(31)33)34-19-4-2-3-17-32(22-24-11-15-29-16-12-24)18-13-23-6-5-14-30-21-23/h5-12,14-16,20-21H,2-4,13,17-19,22H2,1H3. The van der Waals surface area contributed by atoms with Gasteiger partial charge in [-0.2, -0.15) is 0 Å². The van der Waals surface area contributed by atoms with E-state index in [1.54, 1.807) is 17.7 Å². The Hall–Kier alpha value is -3.51. The third-order valence-electron chi connectivity index (χ3n) is 6.08. The quantitative estimate of drug-likeness (QED) is 0.291. The van der Waals surface area contributed by atoms with E-state index in [9.17, 15) is 4.79 Å². The van der Waals surface area contributed by atoms with Gasteiger partial charge in [0.25, 0.3) is 5.56 Å². The lowest BCUT2D eigenvalue weighted by molar-refractivity contribution is 0.254. The van der Waals surface area contributed by atoms with Crippen molar-refractivity contribution in [3.05, 3.63) is 101 Å². The Morgan fingerprint density at radius 1 is 0.882 bits per heavy atom. The predicted octanol–water partition coefficient (Wildman–Crippen LogP) is 4.62. The summed E-state index contributed by atoms with van der Waals surface area (Å²) in [7, 11) is 1.79. The Balaban J connectivity index is 1.23. The van der Waals surface area contributed by atoms with Gasteiger partial charge in [0.2, 0.25) is 0 Å². The average Bonchev–Trinajstić information content (AvgIpc) is 2.88. The molecule has 0 aliphatic rings. The summed E-state index contributed by atoms with van der Waals surface area (Å²) in [5.74, 6) is 0.849. The minimum atomic E-state index is -0.000390. The van der Waals surface area contributed by atoms with Crippen LogP contribution in [0.3, 0.4) is 0 Å². The van der Waals surface area contributed by atoms with Crippen LogP contribution in [-0.2, 0) is 20.0 Å². The number of unbranched alkanes of at least 4 members (excludes halogenated alkanes) is 2. The molecule has 1 aromatic carbocycles. The van der Waals surface area contributed by atoms with Crippen LogP contribution in [-0.4, -0.2) is 39.1 Å². The molecule has 0 spiro atoms. The summed E-state index contributed by atoms with van der Waals surface area (Å²) in [6, 6.07) is 17.7. The van der Waals surface area contributed by atoms with Gasteiger partial charge in [0.15, 0.2) is 0 Å². The first kappa shape index (κ1) is 23.6. The summed E-state index contributed by atoms with van der Waals surface area (Å²) >= 11 is 0. The Bertz CT molecular complexity index is 1230. The highest BCUT2D eigenvalue weighted by Crippen LogP contribution is 2.19. The van der Waals surface area contributed by atoms with Gasteiger partial charge in [0.1, 0.15) is 5.75 Å². The zero-order valence-corrected chi connectivity index (χ0v) is 19.8. The molecule has 3 aromatic heterocycles. The van der Waals surface area contributed by atoms with E-state index in [0.29, 0.717) is 6.61 Å². The van der Waals surface area contributed by atoms with Gasteiger partial charge in [-0.1, -0.05) is 6.07 Å². The Labute approximate surface area is 200 Å². The summed E-state index contributed by atoms with van der Waals surface area (Å²) in [6.07, 6.45) is 11.7. The number of ether oxygens (including phenoxy) is 1. The fourth-order valence-electron chi connectivity index (χ4n) is 4.11. The number of fused-ring (bicyclic) bond motifs is 1. The van der Waals surface area contributed by atoms with E-state index in [4.69, 9.17) is 4.74 Å². The highest BCUT2D eigenvalue weighted by Gasteiger charge is 2.07. The maximum atomic E-state index is 11.8. The maximum Gasteiger partial charge on any atom is 0.250 e. The van der Waals surface area contributed by atoms with Crippen LogP contribution in [0.1, 0.15) is 30.4 Å². The zero-order valence-electron chi connectivity index (χ0n) is 19.8. The number of benzene rings is 1. The highest BCUT2D eigenvalue weighted by molar-refractivity contribution is 5.80. The normalized spacial score (nSPS) is 11.2. The molecule has 0 atom stereocenters. The molecule has 0 bridgehead atoms. The molecule has 0 aliphatic carbocycles. The van der Waals surface area contributed by atoms with Crippen molar-refractivity contribution in [2.75, 3.05) is 19.7 Å². The van der Waals surface area contributed by atoms with Crippen molar-refractivity contribution in [2.45, 2.75) is 32.2 Å². The van der Waals surface area contributed by atoms with E-state index in [0.717, 1.165) is 62.0 Å². The molecule has 6 heteroatoms. The third-order valence-corrected chi connectivity index (χ3v) is 6.08. The number of rotatable bonds is 12. The Kier molecular flexibility index (Phi) is 8.41. The first-order valence-electron chi connectivity index (χ1n) is 11.9. The molecule has 4 aromatic rings. The van der Waals surface area contributed by atoms with Gasteiger partial charge in [-0.15, -0.1) is 0 Å². The van der Waals surface area contributed by atoms with E-state index in [1.807, 2.05) is 55.1 Å². The molecule has 176 valence electrons. The average molecular weight is 457 g/mol. The number of nitrogens with zero attached hydrogens (tertiary/aromatic N) is 4. The molecule has 0 amide bonds. The molecule has 34 heavy (non-hydrogen) atoms. The number of hydrogen-bond acceptors (Lipinski definition) is 5. The molecule has 0 radical (unpaired) electrons. The minimum absolute atomic E-state index is 0.000390. The SMILES string of the molecule is Cn1c(=O)ccc2cc(OCCCCCN(CCc3cccnc3)Cc3ccncc3)ccc21. The summed E-state index contributed by atoms with van der Waals surface area (Å²) in [5, 5.41) is 1.01.